The van der Waals surface area contributed by atoms with Crippen LogP contribution in [0.3, 0.4) is 0 Å². The molecule has 0 fully saturated rings. The second-order valence-electron chi connectivity index (χ2n) is 4.32. The third kappa shape index (κ3) is 2.22. The van der Waals surface area contributed by atoms with Crippen molar-refractivity contribution in [3.8, 4) is 5.75 Å². The van der Waals surface area contributed by atoms with Crippen LogP contribution in [0.4, 0.5) is 0 Å². The van der Waals surface area contributed by atoms with E-state index in [2.05, 4.69) is 23.4 Å². The lowest BCUT2D eigenvalue weighted by atomic mass is 10.2. The van der Waals surface area contributed by atoms with Crippen LogP contribution in [0, 0.1) is 4.77 Å². The maximum atomic E-state index is 5.39. The number of imidazole rings is 1. The summed E-state index contributed by atoms with van der Waals surface area (Å²) in [5, 5.41) is 0. The van der Waals surface area contributed by atoms with Crippen LogP contribution in [0.15, 0.2) is 18.2 Å². The number of hydrogen-bond acceptors (Lipinski definition) is 2. The average molecular weight is 250 g/mol. The third-order valence-corrected chi connectivity index (χ3v) is 3.37. The SMILES string of the molecule is CCCC(C)n1c(=S)[nH]c2ccc(OC)cc21. The molecule has 4 heteroatoms. The molecular formula is C13H18N2OS. The Morgan fingerprint density at radius 2 is 2.24 bits per heavy atom. The van der Waals surface area contributed by atoms with Crippen molar-refractivity contribution in [2.75, 3.05) is 7.11 Å². The molecule has 0 spiro atoms. The molecule has 1 atom stereocenters. The van der Waals surface area contributed by atoms with Gasteiger partial charge in [-0.1, -0.05) is 13.3 Å². The van der Waals surface area contributed by atoms with Gasteiger partial charge in [-0.15, -0.1) is 0 Å². The number of fused-ring (bicyclic) bond motifs is 1. The number of aromatic nitrogens is 2. The molecular weight excluding hydrogens is 232 g/mol. The van der Waals surface area contributed by atoms with Crippen molar-refractivity contribution in [3.05, 3.63) is 23.0 Å². The van der Waals surface area contributed by atoms with Gasteiger partial charge in [0.05, 0.1) is 18.1 Å². The van der Waals surface area contributed by atoms with E-state index in [9.17, 15) is 0 Å². The van der Waals surface area contributed by atoms with Crippen LogP contribution in [0.25, 0.3) is 11.0 Å². The van der Waals surface area contributed by atoms with E-state index in [4.69, 9.17) is 17.0 Å². The van der Waals surface area contributed by atoms with Crippen LogP contribution >= 0.6 is 12.2 Å². The topological polar surface area (TPSA) is 29.9 Å². The smallest absolute Gasteiger partial charge is 0.178 e. The Labute approximate surface area is 106 Å². The minimum absolute atomic E-state index is 0.411. The molecule has 3 nitrogen and oxygen atoms in total. The highest BCUT2D eigenvalue weighted by molar-refractivity contribution is 7.71. The summed E-state index contributed by atoms with van der Waals surface area (Å²) < 4.78 is 8.23. The predicted octanol–water partition coefficient (Wildman–Crippen LogP) is 4.07. The summed E-state index contributed by atoms with van der Waals surface area (Å²) >= 11 is 5.39. The summed E-state index contributed by atoms with van der Waals surface area (Å²) in [7, 11) is 1.68. The number of rotatable bonds is 4. The van der Waals surface area contributed by atoms with Crippen molar-refractivity contribution in [1.82, 2.24) is 9.55 Å². The summed E-state index contributed by atoms with van der Waals surface area (Å²) in [5.74, 6) is 0.865. The molecule has 0 radical (unpaired) electrons. The maximum Gasteiger partial charge on any atom is 0.178 e. The zero-order valence-electron chi connectivity index (χ0n) is 10.5. The quantitative estimate of drug-likeness (QED) is 0.829. The van der Waals surface area contributed by atoms with E-state index in [0.717, 1.165) is 34.4 Å². The van der Waals surface area contributed by atoms with E-state index in [1.807, 2.05) is 18.2 Å². The lowest BCUT2D eigenvalue weighted by Crippen LogP contribution is -2.04. The average Bonchev–Trinajstić information content (AvgIpc) is 2.64. The molecule has 0 amide bonds. The molecule has 92 valence electrons. The molecule has 1 N–H and O–H groups in total. The first-order chi connectivity index (χ1) is 8.17. The van der Waals surface area contributed by atoms with Crippen LogP contribution in [0.2, 0.25) is 0 Å². The minimum atomic E-state index is 0.411. The normalized spacial score (nSPS) is 12.9. The van der Waals surface area contributed by atoms with Crippen LogP contribution in [-0.4, -0.2) is 16.7 Å². The molecule has 0 aliphatic heterocycles. The summed E-state index contributed by atoms with van der Waals surface area (Å²) in [4.78, 5) is 3.24. The van der Waals surface area contributed by atoms with Gasteiger partial charge in [0.25, 0.3) is 0 Å². The van der Waals surface area contributed by atoms with E-state index in [1.54, 1.807) is 7.11 Å². The molecule has 2 rings (SSSR count). The van der Waals surface area contributed by atoms with Crippen LogP contribution in [0.1, 0.15) is 32.7 Å². The van der Waals surface area contributed by atoms with Gasteiger partial charge in [0.15, 0.2) is 4.77 Å². The Kier molecular flexibility index (Phi) is 3.52. The molecule has 0 aliphatic rings. The van der Waals surface area contributed by atoms with Crippen molar-refractivity contribution in [2.24, 2.45) is 0 Å². The van der Waals surface area contributed by atoms with Gasteiger partial charge in [-0.25, -0.2) is 0 Å². The van der Waals surface area contributed by atoms with Crippen molar-refractivity contribution in [2.45, 2.75) is 32.7 Å². The van der Waals surface area contributed by atoms with Gasteiger partial charge in [0, 0.05) is 12.1 Å². The van der Waals surface area contributed by atoms with Gasteiger partial charge in [-0.05, 0) is 37.7 Å². The fraction of sp³-hybridized carbons (Fsp3) is 0.462. The van der Waals surface area contributed by atoms with Gasteiger partial charge in [-0.3, -0.25) is 0 Å². The molecule has 1 aromatic carbocycles. The minimum Gasteiger partial charge on any atom is -0.497 e. The number of aromatic amines is 1. The number of ether oxygens (including phenoxy) is 1. The highest BCUT2D eigenvalue weighted by atomic mass is 32.1. The number of nitrogens with zero attached hydrogens (tertiary/aromatic N) is 1. The summed E-state index contributed by atoms with van der Waals surface area (Å²) in [6, 6.07) is 6.41. The number of H-pyrrole nitrogens is 1. The maximum absolute atomic E-state index is 5.39. The van der Waals surface area contributed by atoms with Gasteiger partial charge in [-0.2, -0.15) is 0 Å². The van der Waals surface area contributed by atoms with Crippen molar-refractivity contribution < 1.29 is 4.74 Å². The van der Waals surface area contributed by atoms with Gasteiger partial charge in [0.1, 0.15) is 5.75 Å². The second-order valence-corrected chi connectivity index (χ2v) is 4.71. The number of methoxy groups -OCH3 is 1. The van der Waals surface area contributed by atoms with Crippen LogP contribution in [0.5, 0.6) is 5.75 Å². The van der Waals surface area contributed by atoms with Crippen LogP contribution in [-0.2, 0) is 0 Å². The first-order valence-corrected chi connectivity index (χ1v) is 6.36. The van der Waals surface area contributed by atoms with Crippen molar-refractivity contribution in [1.29, 1.82) is 0 Å². The number of nitrogens with one attached hydrogen (secondary N) is 1. The van der Waals surface area contributed by atoms with E-state index in [0.29, 0.717) is 6.04 Å². The first kappa shape index (κ1) is 12.2. The number of hydrogen-bond donors (Lipinski definition) is 1. The summed E-state index contributed by atoms with van der Waals surface area (Å²) in [6.45, 7) is 4.39. The number of benzene rings is 1. The van der Waals surface area contributed by atoms with Crippen molar-refractivity contribution >= 4 is 23.3 Å². The molecule has 0 bridgehead atoms. The highest BCUT2D eigenvalue weighted by Crippen LogP contribution is 2.25. The molecule has 0 aliphatic carbocycles. The predicted molar refractivity (Wildman–Crippen MR) is 73.3 cm³/mol. The van der Waals surface area contributed by atoms with Crippen LogP contribution < -0.4 is 4.74 Å². The largest absolute Gasteiger partial charge is 0.497 e. The Morgan fingerprint density at radius 1 is 1.47 bits per heavy atom. The Morgan fingerprint density at radius 3 is 2.88 bits per heavy atom. The Balaban J connectivity index is 2.60. The van der Waals surface area contributed by atoms with E-state index >= 15 is 0 Å². The van der Waals surface area contributed by atoms with Gasteiger partial charge in [0.2, 0.25) is 0 Å². The second kappa shape index (κ2) is 4.92. The van der Waals surface area contributed by atoms with E-state index < -0.39 is 0 Å². The molecule has 0 saturated heterocycles. The monoisotopic (exact) mass is 250 g/mol. The fourth-order valence-corrected chi connectivity index (χ4v) is 2.60. The standard InChI is InChI=1S/C13H18N2OS/c1-4-5-9(2)15-12-8-10(16-3)6-7-11(12)14-13(15)17/h6-9H,4-5H2,1-3H3,(H,14,17). The van der Waals surface area contributed by atoms with Crippen molar-refractivity contribution in [3.63, 3.8) is 0 Å². The fourth-order valence-electron chi connectivity index (χ4n) is 2.21. The molecule has 1 aromatic heterocycles. The summed E-state index contributed by atoms with van der Waals surface area (Å²) in [5.41, 5.74) is 2.19. The molecule has 1 heterocycles. The molecule has 0 saturated carbocycles. The zero-order chi connectivity index (χ0) is 12.4. The Bertz CT molecular complexity index is 570. The summed E-state index contributed by atoms with van der Waals surface area (Å²) in [6.07, 6.45) is 2.28. The molecule has 17 heavy (non-hydrogen) atoms. The lowest BCUT2D eigenvalue weighted by Gasteiger charge is -2.13. The molecule has 2 aromatic rings. The lowest BCUT2D eigenvalue weighted by molar-refractivity contribution is 0.415. The van der Waals surface area contributed by atoms with E-state index in [-0.39, 0.29) is 0 Å². The highest BCUT2D eigenvalue weighted by Gasteiger charge is 2.10. The zero-order valence-corrected chi connectivity index (χ0v) is 11.3. The van der Waals surface area contributed by atoms with E-state index in [1.165, 1.54) is 0 Å². The first-order valence-electron chi connectivity index (χ1n) is 5.95. The van der Waals surface area contributed by atoms with Gasteiger partial charge >= 0.3 is 0 Å². The Hall–Kier alpha value is -1.29. The van der Waals surface area contributed by atoms with Gasteiger partial charge < -0.3 is 14.3 Å². The molecule has 1 unspecified atom stereocenters. The third-order valence-electron chi connectivity index (χ3n) is 3.07.